The quantitative estimate of drug-likeness (QED) is 0.346. The van der Waals surface area contributed by atoms with Crippen LogP contribution in [0.1, 0.15) is 47.1 Å². The second-order valence-electron chi connectivity index (χ2n) is 9.45. The predicted molar refractivity (Wildman–Crippen MR) is 149 cm³/mol. The standard InChI is InChI=1S/C29H31N7O3/c1-19-18-20(29(38)33-23-9-3-5-13-31-23)11-12-21(19)25-26-27(30)32-14-16-36(26)28(34-25)22-8-4-6-15-35(22)24(37)10-7-17-39-2/h3,5,7,9-14,16,18,22H,4,6,8,15,17H2,1-2H3,(H2,30,32)(H,31,33,38)/b10-7+. The first kappa shape index (κ1) is 26.1. The molecule has 1 aliphatic heterocycles. The van der Waals surface area contributed by atoms with Gasteiger partial charge in [-0.25, -0.2) is 15.0 Å². The van der Waals surface area contributed by atoms with Gasteiger partial charge in [0.15, 0.2) is 0 Å². The summed E-state index contributed by atoms with van der Waals surface area (Å²) < 4.78 is 6.99. The maximum Gasteiger partial charge on any atom is 0.256 e. The van der Waals surface area contributed by atoms with Crippen molar-refractivity contribution in [2.75, 3.05) is 31.3 Å². The Kier molecular flexibility index (Phi) is 7.64. The number of benzene rings is 1. The Morgan fingerprint density at radius 1 is 1.18 bits per heavy atom. The lowest BCUT2D eigenvalue weighted by atomic mass is 10.0. The van der Waals surface area contributed by atoms with Gasteiger partial charge in [-0.05, 0) is 56.0 Å². The van der Waals surface area contributed by atoms with E-state index in [0.717, 1.165) is 36.2 Å². The van der Waals surface area contributed by atoms with Crippen molar-refractivity contribution < 1.29 is 14.3 Å². The van der Waals surface area contributed by atoms with E-state index in [4.69, 9.17) is 15.5 Å². The van der Waals surface area contributed by atoms with Crippen LogP contribution >= 0.6 is 0 Å². The van der Waals surface area contributed by atoms with Crippen LogP contribution in [-0.4, -0.2) is 56.3 Å². The number of carbonyl (C=O) groups excluding carboxylic acids is 2. The molecular weight excluding hydrogens is 494 g/mol. The van der Waals surface area contributed by atoms with Gasteiger partial charge in [0.05, 0.1) is 12.6 Å². The predicted octanol–water partition coefficient (Wildman–Crippen LogP) is 4.19. The Bertz CT molecular complexity index is 1530. The molecule has 3 N–H and O–H groups in total. The van der Waals surface area contributed by atoms with E-state index in [2.05, 4.69) is 15.3 Å². The van der Waals surface area contributed by atoms with Crippen molar-refractivity contribution in [3.63, 3.8) is 0 Å². The molecule has 5 rings (SSSR count). The summed E-state index contributed by atoms with van der Waals surface area (Å²) in [6, 6.07) is 10.6. The lowest BCUT2D eigenvalue weighted by Gasteiger charge is -2.34. The molecule has 1 unspecified atom stereocenters. The smallest absolute Gasteiger partial charge is 0.256 e. The molecule has 3 aromatic heterocycles. The van der Waals surface area contributed by atoms with Crippen molar-refractivity contribution in [2.24, 2.45) is 0 Å². The summed E-state index contributed by atoms with van der Waals surface area (Å²) in [6.07, 6.45) is 11.1. The van der Waals surface area contributed by atoms with Crippen LogP contribution in [0, 0.1) is 6.92 Å². The molecule has 1 aliphatic rings. The average Bonchev–Trinajstić information content (AvgIpc) is 3.34. The maximum atomic E-state index is 13.1. The van der Waals surface area contributed by atoms with Gasteiger partial charge in [-0.3, -0.25) is 14.0 Å². The summed E-state index contributed by atoms with van der Waals surface area (Å²) in [5.74, 6) is 1.24. The number of aromatic nitrogens is 4. The van der Waals surface area contributed by atoms with Crippen LogP contribution in [0.15, 0.2) is 67.1 Å². The summed E-state index contributed by atoms with van der Waals surface area (Å²) in [5.41, 5.74) is 9.91. The van der Waals surface area contributed by atoms with Crippen LogP contribution in [0.4, 0.5) is 11.6 Å². The Morgan fingerprint density at radius 3 is 2.82 bits per heavy atom. The molecule has 0 bridgehead atoms. The van der Waals surface area contributed by atoms with Crippen LogP contribution in [0.2, 0.25) is 0 Å². The molecule has 0 saturated carbocycles. The minimum absolute atomic E-state index is 0.0727. The highest BCUT2D eigenvalue weighted by Gasteiger charge is 2.32. The number of nitrogens with one attached hydrogen (secondary N) is 1. The zero-order valence-corrected chi connectivity index (χ0v) is 22.0. The zero-order valence-electron chi connectivity index (χ0n) is 22.0. The minimum atomic E-state index is -0.252. The SMILES string of the molecule is COC/C=C/C(=O)N1CCCCC1c1nc(-c2ccc(C(=O)Nc3ccccn3)cc2C)c2c(N)nccn12. The molecule has 0 radical (unpaired) electrons. The monoisotopic (exact) mass is 525 g/mol. The number of pyridine rings is 1. The van der Waals surface area contributed by atoms with E-state index in [1.165, 1.54) is 0 Å². The molecule has 4 heterocycles. The Hall–Kier alpha value is -4.57. The Balaban J connectivity index is 1.52. The van der Waals surface area contributed by atoms with E-state index in [1.807, 2.05) is 40.6 Å². The third kappa shape index (κ3) is 5.37. The van der Waals surface area contributed by atoms with E-state index in [0.29, 0.717) is 41.6 Å². The first-order valence-corrected chi connectivity index (χ1v) is 12.9. The van der Waals surface area contributed by atoms with E-state index < -0.39 is 0 Å². The number of piperidine rings is 1. The highest BCUT2D eigenvalue weighted by Crippen LogP contribution is 2.37. The number of amides is 2. The van der Waals surface area contributed by atoms with Crippen molar-refractivity contribution in [3.8, 4) is 11.3 Å². The molecule has 1 saturated heterocycles. The van der Waals surface area contributed by atoms with Crippen molar-refractivity contribution in [3.05, 3.63) is 84.1 Å². The highest BCUT2D eigenvalue weighted by atomic mass is 16.5. The summed E-state index contributed by atoms with van der Waals surface area (Å²) in [6.45, 7) is 2.95. The van der Waals surface area contributed by atoms with Gasteiger partial charge in [-0.2, -0.15) is 0 Å². The van der Waals surface area contributed by atoms with E-state index in [9.17, 15) is 9.59 Å². The second-order valence-corrected chi connectivity index (χ2v) is 9.45. The number of fused-ring (bicyclic) bond motifs is 1. The lowest BCUT2D eigenvalue weighted by molar-refractivity contribution is -0.130. The fourth-order valence-corrected chi connectivity index (χ4v) is 5.01. The average molecular weight is 526 g/mol. The summed E-state index contributed by atoms with van der Waals surface area (Å²) in [7, 11) is 1.59. The third-order valence-electron chi connectivity index (χ3n) is 6.87. The van der Waals surface area contributed by atoms with Gasteiger partial charge in [0.25, 0.3) is 5.91 Å². The minimum Gasteiger partial charge on any atom is -0.382 e. The number of anilines is 2. The van der Waals surface area contributed by atoms with Crippen LogP contribution < -0.4 is 11.1 Å². The number of hydrogen-bond donors (Lipinski definition) is 2. The molecule has 10 nitrogen and oxygen atoms in total. The van der Waals surface area contributed by atoms with Crippen LogP contribution in [-0.2, 0) is 9.53 Å². The molecule has 200 valence electrons. The maximum absolute atomic E-state index is 13.1. The number of nitrogen functional groups attached to an aromatic ring is 1. The number of imidazole rings is 1. The molecule has 39 heavy (non-hydrogen) atoms. The van der Waals surface area contributed by atoms with Gasteiger partial charge in [0.2, 0.25) is 5.91 Å². The van der Waals surface area contributed by atoms with Gasteiger partial charge in [0.1, 0.15) is 28.7 Å². The fraction of sp³-hybridized carbons (Fsp3) is 0.276. The van der Waals surface area contributed by atoms with Gasteiger partial charge < -0.3 is 20.7 Å². The van der Waals surface area contributed by atoms with Crippen LogP contribution in [0.3, 0.4) is 0 Å². The Morgan fingerprint density at radius 2 is 2.05 bits per heavy atom. The third-order valence-corrected chi connectivity index (χ3v) is 6.87. The van der Waals surface area contributed by atoms with Gasteiger partial charge in [-0.15, -0.1) is 0 Å². The van der Waals surface area contributed by atoms with Crippen molar-refractivity contribution in [1.82, 2.24) is 24.3 Å². The number of methoxy groups -OCH3 is 1. The van der Waals surface area contributed by atoms with Crippen molar-refractivity contribution in [2.45, 2.75) is 32.2 Å². The fourth-order valence-electron chi connectivity index (χ4n) is 5.01. The normalized spacial score (nSPS) is 15.6. The molecule has 0 spiro atoms. The molecule has 1 atom stereocenters. The highest BCUT2D eigenvalue weighted by molar-refractivity contribution is 6.04. The van der Waals surface area contributed by atoms with E-state index in [-0.39, 0.29) is 17.9 Å². The van der Waals surface area contributed by atoms with Crippen molar-refractivity contribution in [1.29, 1.82) is 0 Å². The number of nitrogens with two attached hydrogens (primary N) is 1. The Labute approximate surface area is 226 Å². The number of nitrogens with zero attached hydrogens (tertiary/aromatic N) is 5. The largest absolute Gasteiger partial charge is 0.382 e. The van der Waals surface area contributed by atoms with E-state index >= 15 is 0 Å². The molecule has 2 amide bonds. The first-order valence-electron chi connectivity index (χ1n) is 12.9. The van der Waals surface area contributed by atoms with Crippen molar-refractivity contribution >= 4 is 29.0 Å². The second kappa shape index (κ2) is 11.4. The molecule has 0 aliphatic carbocycles. The lowest BCUT2D eigenvalue weighted by Crippen LogP contribution is -2.38. The molecular formula is C29H31N7O3. The van der Waals surface area contributed by atoms with Gasteiger partial charge >= 0.3 is 0 Å². The molecule has 1 aromatic carbocycles. The van der Waals surface area contributed by atoms with Crippen LogP contribution in [0.25, 0.3) is 16.8 Å². The molecule has 10 heteroatoms. The number of carbonyl (C=O) groups is 2. The van der Waals surface area contributed by atoms with Crippen LogP contribution in [0.5, 0.6) is 0 Å². The number of likely N-dealkylation sites (tertiary alicyclic amines) is 1. The number of hydrogen-bond acceptors (Lipinski definition) is 7. The first-order chi connectivity index (χ1) is 19.0. The molecule has 1 fully saturated rings. The summed E-state index contributed by atoms with van der Waals surface area (Å²) in [5, 5.41) is 2.81. The topological polar surface area (TPSA) is 128 Å². The zero-order chi connectivity index (χ0) is 27.4. The van der Waals surface area contributed by atoms with E-state index in [1.54, 1.807) is 49.9 Å². The summed E-state index contributed by atoms with van der Waals surface area (Å²) in [4.78, 5) is 41.3. The number of aryl methyl sites for hydroxylation is 1. The number of ether oxygens (including phenoxy) is 1. The van der Waals surface area contributed by atoms with Gasteiger partial charge in [-0.1, -0.05) is 18.2 Å². The molecule has 4 aromatic rings. The number of rotatable bonds is 7. The summed E-state index contributed by atoms with van der Waals surface area (Å²) >= 11 is 0. The van der Waals surface area contributed by atoms with Gasteiger partial charge in [0, 0.05) is 49.4 Å².